The van der Waals surface area contributed by atoms with Crippen LogP contribution in [0.1, 0.15) is 17.4 Å². The first-order chi connectivity index (χ1) is 16.3. The van der Waals surface area contributed by atoms with Gasteiger partial charge in [0.1, 0.15) is 35.9 Å². The molecule has 2 fully saturated rings. The van der Waals surface area contributed by atoms with Crippen LogP contribution < -0.4 is 0 Å². The standard InChI is InChI=1S/C23H28O9S2/c24-11-21-22(29-12-16-7-3-1-4-8-16)18(25)14-33(21)15-20-19(32-34(26,27)28)13-30-23(31-20)17-9-5-2-6-10-17/h1-10,18-25H,11-15H2/p+1/t18-,19?,20-,21-,22+,23?,33?/m1/s1. The Balaban J connectivity index is 1.47. The van der Waals surface area contributed by atoms with Crippen LogP contribution in [0.2, 0.25) is 0 Å². The molecule has 3 N–H and O–H groups in total. The molecule has 9 nitrogen and oxygen atoms in total. The first-order valence-electron chi connectivity index (χ1n) is 10.9. The summed E-state index contributed by atoms with van der Waals surface area (Å²) in [4.78, 5) is 0. The molecule has 0 bridgehead atoms. The number of hydrogen-bond donors (Lipinski definition) is 3. The van der Waals surface area contributed by atoms with Gasteiger partial charge in [0.15, 0.2) is 11.5 Å². The molecule has 4 rings (SSSR count). The van der Waals surface area contributed by atoms with Crippen molar-refractivity contribution in [1.29, 1.82) is 0 Å². The summed E-state index contributed by atoms with van der Waals surface area (Å²) >= 11 is 0. The molecule has 2 aliphatic rings. The second kappa shape index (κ2) is 11.5. The third-order valence-corrected chi connectivity index (χ3v) is 9.13. The number of rotatable bonds is 9. The van der Waals surface area contributed by atoms with Crippen LogP contribution in [0.25, 0.3) is 0 Å². The molecule has 0 spiro atoms. The van der Waals surface area contributed by atoms with Gasteiger partial charge in [0.2, 0.25) is 0 Å². The molecule has 2 saturated heterocycles. The predicted molar refractivity (Wildman–Crippen MR) is 125 cm³/mol. The lowest BCUT2D eigenvalue weighted by Crippen LogP contribution is -2.48. The molecule has 34 heavy (non-hydrogen) atoms. The fourth-order valence-corrected chi connectivity index (χ4v) is 7.54. The molecule has 0 aromatic heterocycles. The Labute approximate surface area is 201 Å². The quantitative estimate of drug-likeness (QED) is 0.335. The van der Waals surface area contributed by atoms with Crippen LogP contribution in [-0.4, -0.2) is 77.6 Å². The average Bonchev–Trinajstić information content (AvgIpc) is 3.12. The van der Waals surface area contributed by atoms with E-state index in [-0.39, 0.29) is 18.5 Å². The molecule has 0 radical (unpaired) electrons. The van der Waals surface area contributed by atoms with Gasteiger partial charge in [0.05, 0.1) is 19.8 Å². The second-order valence-electron chi connectivity index (χ2n) is 8.23. The minimum Gasteiger partial charge on any atom is -0.391 e. The summed E-state index contributed by atoms with van der Waals surface area (Å²) in [5.41, 5.74) is 1.72. The van der Waals surface area contributed by atoms with Crippen LogP contribution in [0, 0.1) is 0 Å². The van der Waals surface area contributed by atoms with E-state index < -0.39 is 52.0 Å². The van der Waals surface area contributed by atoms with Gasteiger partial charge in [-0.1, -0.05) is 60.7 Å². The lowest BCUT2D eigenvalue weighted by molar-refractivity contribution is -0.245. The fraction of sp³-hybridized carbons (Fsp3) is 0.478. The normalized spacial score (nSPS) is 32.0. The smallest absolute Gasteiger partial charge is 0.391 e. The lowest BCUT2D eigenvalue weighted by atomic mass is 10.1. The van der Waals surface area contributed by atoms with Crippen LogP contribution in [0.5, 0.6) is 0 Å². The molecule has 2 aromatic carbocycles. The fourth-order valence-electron chi connectivity index (χ4n) is 4.22. The first kappa shape index (κ1) is 25.5. The van der Waals surface area contributed by atoms with E-state index in [0.29, 0.717) is 18.1 Å². The van der Waals surface area contributed by atoms with Crippen LogP contribution in [0.3, 0.4) is 0 Å². The van der Waals surface area contributed by atoms with Crippen LogP contribution in [0.4, 0.5) is 0 Å². The van der Waals surface area contributed by atoms with Crippen molar-refractivity contribution in [2.75, 3.05) is 24.7 Å². The van der Waals surface area contributed by atoms with Gasteiger partial charge >= 0.3 is 10.4 Å². The van der Waals surface area contributed by atoms with Crippen LogP contribution in [0.15, 0.2) is 60.7 Å². The average molecular weight is 514 g/mol. The van der Waals surface area contributed by atoms with Gasteiger partial charge < -0.3 is 24.4 Å². The first-order valence-corrected chi connectivity index (χ1v) is 13.9. The molecular weight excluding hydrogens is 484 g/mol. The Bertz CT molecular complexity index is 1010. The highest BCUT2D eigenvalue weighted by Crippen LogP contribution is 2.33. The van der Waals surface area contributed by atoms with E-state index in [1.807, 2.05) is 60.7 Å². The zero-order valence-electron chi connectivity index (χ0n) is 18.4. The third kappa shape index (κ3) is 6.56. The summed E-state index contributed by atoms with van der Waals surface area (Å²) < 4.78 is 54.6. The highest BCUT2D eigenvalue weighted by Gasteiger charge is 2.53. The summed E-state index contributed by atoms with van der Waals surface area (Å²) in [6, 6.07) is 18.7. The summed E-state index contributed by atoms with van der Waals surface area (Å²) in [7, 11) is -5.30. The topological polar surface area (TPSA) is 132 Å². The second-order valence-corrected chi connectivity index (χ2v) is 11.6. The summed E-state index contributed by atoms with van der Waals surface area (Å²) in [5.74, 6) is 0.681. The zero-order chi connectivity index (χ0) is 24.1. The number of hydrogen-bond acceptors (Lipinski definition) is 8. The maximum Gasteiger partial charge on any atom is 0.397 e. The van der Waals surface area contributed by atoms with E-state index in [2.05, 4.69) is 0 Å². The molecule has 186 valence electrons. The molecule has 2 heterocycles. The van der Waals surface area contributed by atoms with E-state index in [1.54, 1.807) is 0 Å². The Morgan fingerprint density at radius 1 is 1.06 bits per heavy atom. The van der Waals surface area contributed by atoms with E-state index in [1.165, 1.54) is 0 Å². The monoisotopic (exact) mass is 513 g/mol. The van der Waals surface area contributed by atoms with Crippen LogP contribution in [-0.2, 0) is 46.3 Å². The molecule has 2 aliphatic heterocycles. The van der Waals surface area contributed by atoms with Crippen molar-refractivity contribution in [2.45, 2.75) is 42.6 Å². The molecule has 7 atom stereocenters. The van der Waals surface area contributed by atoms with Gasteiger partial charge in [-0.15, -0.1) is 0 Å². The van der Waals surface area contributed by atoms with Crippen molar-refractivity contribution in [1.82, 2.24) is 0 Å². The predicted octanol–water partition coefficient (Wildman–Crippen LogP) is 1.23. The van der Waals surface area contributed by atoms with Gasteiger partial charge in [-0.3, -0.25) is 4.55 Å². The molecule has 0 aliphatic carbocycles. The van der Waals surface area contributed by atoms with E-state index in [4.69, 9.17) is 18.4 Å². The largest absolute Gasteiger partial charge is 0.397 e. The summed E-state index contributed by atoms with van der Waals surface area (Å²) in [6.07, 6.45) is -3.91. The molecule has 11 heteroatoms. The van der Waals surface area contributed by atoms with Crippen LogP contribution >= 0.6 is 0 Å². The number of benzene rings is 2. The highest BCUT2D eigenvalue weighted by atomic mass is 32.3. The Hall–Kier alpha value is -1.54. The van der Waals surface area contributed by atoms with Gasteiger partial charge in [0.25, 0.3) is 0 Å². The maximum atomic E-state index is 11.4. The molecule has 0 saturated carbocycles. The van der Waals surface area contributed by atoms with Crippen molar-refractivity contribution in [3.63, 3.8) is 0 Å². The Kier molecular flexibility index (Phi) is 8.61. The van der Waals surface area contributed by atoms with Crippen molar-refractivity contribution >= 4 is 21.3 Å². The van der Waals surface area contributed by atoms with E-state index >= 15 is 0 Å². The molecule has 3 unspecified atom stereocenters. The van der Waals surface area contributed by atoms with Gasteiger partial charge in [0, 0.05) is 16.5 Å². The SMILES string of the molecule is O=S(=O)(O)OC1COC(c2ccccc2)O[C@@H]1C[S+]1C[C@@H](O)[C@H](OCc2ccccc2)[C@H]1CO. The minimum atomic E-state index is -4.73. The molecule has 2 aromatic rings. The van der Waals surface area contributed by atoms with Gasteiger partial charge in [-0.2, -0.15) is 8.42 Å². The minimum absolute atomic E-state index is 0.110. The van der Waals surface area contributed by atoms with Crippen molar-refractivity contribution in [3.8, 4) is 0 Å². The number of aliphatic hydroxyl groups excluding tert-OH is 2. The van der Waals surface area contributed by atoms with Crippen molar-refractivity contribution in [3.05, 3.63) is 71.8 Å². The maximum absolute atomic E-state index is 11.4. The van der Waals surface area contributed by atoms with Crippen molar-refractivity contribution < 1.29 is 41.6 Å². The Morgan fingerprint density at radius 3 is 2.38 bits per heavy atom. The van der Waals surface area contributed by atoms with E-state index in [9.17, 15) is 23.2 Å². The summed E-state index contributed by atoms with van der Waals surface area (Å²) in [6.45, 7) is -0.00904. The van der Waals surface area contributed by atoms with E-state index in [0.717, 1.165) is 11.1 Å². The Morgan fingerprint density at radius 2 is 1.74 bits per heavy atom. The zero-order valence-corrected chi connectivity index (χ0v) is 20.0. The molecule has 0 amide bonds. The highest BCUT2D eigenvalue weighted by molar-refractivity contribution is 7.97. The third-order valence-electron chi connectivity index (χ3n) is 5.84. The summed E-state index contributed by atoms with van der Waals surface area (Å²) in [5, 5.41) is 20.5. The number of ether oxygens (including phenoxy) is 3. The molecular formula is C23H29O9S2+. The lowest BCUT2D eigenvalue weighted by Gasteiger charge is -2.35. The van der Waals surface area contributed by atoms with Gasteiger partial charge in [-0.25, -0.2) is 4.18 Å². The van der Waals surface area contributed by atoms with Gasteiger partial charge in [-0.05, 0) is 5.56 Å². The number of aliphatic hydroxyl groups is 2. The van der Waals surface area contributed by atoms with Crippen molar-refractivity contribution in [2.24, 2.45) is 0 Å².